The Kier molecular flexibility index (Phi) is 6.78. The standard InChI is InChI=1S/C40H33N3O2.Pt/c1-23-16-30-29-18-24(2)36(22-34(29)43-37(30)32(17-23)40(3,4)31-12-9-15-41-38(31)43)44-28-20-26(25-10-6-5-7-11-25)19-27(21-28)39-42-33-13-8-14-35(33)45-39;/h5-7,9-12,15-20,33,35H,8,13-14H2,1-4H3;/q-2;+2/t33-,35+;/m1./s1. The van der Waals surface area contributed by atoms with Crippen molar-refractivity contribution in [3.63, 3.8) is 0 Å². The predicted molar refractivity (Wildman–Crippen MR) is 179 cm³/mol. The van der Waals surface area contributed by atoms with Gasteiger partial charge in [-0.25, -0.2) is 4.98 Å². The molecule has 0 bridgehead atoms. The van der Waals surface area contributed by atoms with Gasteiger partial charge in [0, 0.05) is 34.2 Å². The van der Waals surface area contributed by atoms with Crippen molar-refractivity contribution in [3.8, 4) is 28.4 Å². The number of fused-ring (bicyclic) bond motifs is 6. The molecule has 0 saturated heterocycles. The maximum Gasteiger partial charge on any atom is 2.00 e. The van der Waals surface area contributed by atoms with Crippen molar-refractivity contribution in [1.82, 2.24) is 9.55 Å². The number of nitrogens with zero attached hydrogens (tertiary/aromatic N) is 3. The molecule has 0 unspecified atom stereocenters. The molecule has 0 radical (unpaired) electrons. The zero-order chi connectivity index (χ0) is 30.4. The van der Waals surface area contributed by atoms with E-state index in [-0.39, 0.29) is 38.6 Å². The molecule has 3 aliphatic rings. The molecule has 4 aromatic carbocycles. The van der Waals surface area contributed by atoms with Crippen molar-refractivity contribution < 1.29 is 30.5 Å². The zero-order valence-electron chi connectivity index (χ0n) is 26.3. The van der Waals surface area contributed by atoms with Crippen LogP contribution in [0.25, 0.3) is 38.8 Å². The number of benzene rings is 4. The van der Waals surface area contributed by atoms with Crippen LogP contribution < -0.4 is 4.74 Å². The molecule has 2 atom stereocenters. The molecule has 2 aromatic heterocycles. The number of aryl methyl sites for hydroxylation is 2. The van der Waals surface area contributed by atoms with Gasteiger partial charge in [0.1, 0.15) is 17.8 Å². The Morgan fingerprint density at radius 1 is 0.891 bits per heavy atom. The van der Waals surface area contributed by atoms with Crippen LogP contribution in [0.1, 0.15) is 60.9 Å². The van der Waals surface area contributed by atoms with Crippen molar-refractivity contribution >= 4 is 27.7 Å². The zero-order valence-corrected chi connectivity index (χ0v) is 28.5. The summed E-state index contributed by atoms with van der Waals surface area (Å²) in [4.78, 5) is 9.87. The van der Waals surface area contributed by atoms with Crippen LogP contribution in [0.3, 0.4) is 0 Å². The van der Waals surface area contributed by atoms with E-state index in [4.69, 9.17) is 19.5 Å². The molecule has 2 aliphatic heterocycles. The van der Waals surface area contributed by atoms with Crippen molar-refractivity contribution in [2.45, 2.75) is 64.5 Å². The van der Waals surface area contributed by atoms with Crippen molar-refractivity contribution in [3.05, 3.63) is 119 Å². The van der Waals surface area contributed by atoms with E-state index in [1.54, 1.807) is 0 Å². The monoisotopic (exact) mass is 782 g/mol. The third kappa shape index (κ3) is 4.39. The van der Waals surface area contributed by atoms with Gasteiger partial charge in [0.05, 0.1) is 6.04 Å². The third-order valence-corrected chi connectivity index (χ3v) is 9.90. The van der Waals surface area contributed by atoms with E-state index in [9.17, 15) is 0 Å². The molecule has 230 valence electrons. The first kappa shape index (κ1) is 29.2. The maximum absolute atomic E-state index is 6.71. The molecule has 6 heteroatoms. The third-order valence-electron chi connectivity index (χ3n) is 9.90. The second kappa shape index (κ2) is 10.7. The minimum Gasteiger partial charge on any atom is -0.515 e. The first-order valence-electron chi connectivity index (χ1n) is 15.9. The topological polar surface area (TPSA) is 48.6 Å². The van der Waals surface area contributed by atoms with Crippen molar-refractivity contribution in [2.75, 3.05) is 0 Å². The first-order chi connectivity index (χ1) is 21.8. The molecule has 4 heterocycles. The summed E-state index contributed by atoms with van der Waals surface area (Å²) in [5.74, 6) is 2.89. The molecule has 0 N–H and O–H groups in total. The largest absolute Gasteiger partial charge is 2.00 e. The smallest absolute Gasteiger partial charge is 0.515 e. The molecular formula is C40H33N3O2Pt. The number of pyridine rings is 1. The number of rotatable bonds is 4. The molecule has 0 spiro atoms. The Morgan fingerprint density at radius 2 is 1.74 bits per heavy atom. The van der Waals surface area contributed by atoms with E-state index < -0.39 is 0 Å². The van der Waals surface area contributed by atoms with Crippen LogP contribution in [0, 0.1) is 26.0 Å². The van der Waals surface area contributed by atoms with Gasteiger partial charge in [0.15, 0.2) is 0 Å². The van der Waals surface area contributed by atoms with E-state index in [1.807, 2.05) is 24.4 Å². The number of hydrogen-bond donors (Lipinski definition) is 0. The van der Waals surface area contributed by atoms with Crippen LogP contribution in [0.2, 0.25) is 0 Å². The molecule has 0 amide bonds. The second-order valence-corrected chi connectivity index (χ2v) is 13.3. The SMILES string of the molecule is Cc1cc2c3c(c1)c1cc(C)c(Oc4[c-]c(C5=N[C@@H]6CCC[C@@H]6O5)cc(-c5ccccc5)c4)[c-]c1n3-c1ncccc1C2(C)C.[Pt+2]. The predicted octanol–water partition coefficient (Wildman–Crippen LogP) is 9.19. The molecular weight excluding hydrogens is 750 g/mol. The van der Waals surface area contributed by atoms with Crippen LogP contribution in [0.4, 0.5) is 0 Å². The fourth-order valence-corrected chi connectivity index (χ4v) is 7.61. The molecule has 9 rings (SSSR count). The average Bonchev–Trinajstić information content (AvgIpc) is 3.74. The van der Waals surface area contributed by atoms with Gasteiger partial charge in [-0.05, 0) is 48.8 Å². The van der Waals surface area contributed by atoms with E-state index in [0.29, 0.717) is 17.4 Å². The number of ether oxygens (including phenoxy) is 2. The van der Waals surface area contributed by atoms with E-state index in [0.717, 1.165) is 51.8 Å². The minimum atomic E-state index is -0.181. The number of aliphatic imine (C=N–C) groups is 1. The summed E-state index contributed by atoms with van der Waals surface area (Å²) in [7, 11) is 0. The molecule has 5 nitrogen and oxygen atoms in total. The van der Waals surface area contributed by atoms with Crippen molar-refractivity contribution in [1.29, 1.82) is 0 Å². The maximum atomic E-state index is 6.71. The summed E-state index contributed by atoms with van der Waals surface area (Å²) in [5.41, 5.74) is 9.69. The van der Waals surface area contributed by atoms with E-state index in [1.165, 1.54) is 34.0 Å². The van der Waals surface area contributed by atoms with Gasteiger partial charge < -0.3 is 14.0 Å². The van der Waals surface area contributed by atoms with Crippen LogP contribution in [-0.4, -0.2) is 27.6 Å². The van der Waals surface area contributed by atoms with Gasteiger partial charge >= 0.3 is 21.1 Å². The van der Waals surface area contributed by atoms with Gasteiger partial charge in [0.25, 0.3) is 0 Å². The number of hydrogen-bond acceptors (Lipinski definition) is 4. The van der Waals surface area contributed by atoms with E-state index >= 15 is 0 Å². The summed E-state index contributed by atoms with van der Waals surface area (Å²) in [6.07, 6.45) is 5.35. The average molecular weight is 783 g/mol. The van der Waals surface area contributed by atoms with Crippen LogP contribution in [0.5, 0.6) is 11.5 Å². The van der Waals surface area contributed by atoms with Gasteiger partial charge in [-0.3, -0.25) is 4.99 Å². The minimum absolute atomic E-state index is 0. The molecule has 6 aromatic rings. The fraction of sp³-hybridized carbons (Fsp3) is 0.250. The second-order valence-electron chi connectivity index (χ2n) is 13.3. The van der Waals surface area contributed by atoms with Gasteiger partial charge in [0.2, 0.25) is 0 Å². The quantitative estimate of drug-likeness (QED) is 0.168. The Morgan fingerprint density at radius 3 is 2.57 bits per heavy atom. The van der Waals surface area contributed by atoms with Crippen LogP contribution in [-0.2, 0) is 31.2 Å². The van der Waals surface area contributed by atoms with Gasteiger partial charge in [-0.2, -0.15) is 6.07 Å². The number of aromatic nitrogens is 2. The summed E-state index contributed by atoms with van der Waals surface area (Å²) in [6, 6.07) is 33.0. The first-order valence-corrected chi connectivity index (χ1v) is 15.9. The van der Waals surface area contributed by atoms with Gasteiger partial charge in [-0.15, -0.1) is 23.1 Å². The Balaban J connectivity index is 0.00000312. The summed E-state index contributed by atoms with van der Waals surface area (Å²) < 4.78 is 15.3. The van der Waals surface area contributed by atoms with Crippen molar-refractivity contribution in [2.24, 2.45) is 4.99 Å². The Labute approximate surface area is 283 Å². The molecule has 46 heavy (non-hydrogen) atoms. The molecule has 1 aliphatic carbocycles. The molecule has 1 fully saturated rings. The summed E-state index contributed by atoms with van der Waals surface area (Å²) in [5, 5.41) is 2.37. The normalized spacial score (nSPS) is 18.9. The van der Waals surface area contributed by atoms with Gasteiger partial charge in [-0.1, -0.05) is 104 Å². The summed E-state index contributed by atoms with van der Waals surface area (Å²) in [6.45, 7) is 8.87. The fourth-order valence-electron chi connectivity index (χ4n) is 7.61. The Bertz CT molecular complexity index is 2220. The summed E-state index contributed by atoms with van der Waals surface area (Å²) >= 11 is 0. The Hall–Kier alpha value is -4.21. The van der Waals surface area contributed by atoms with Crippen LogP contribution >= 0.6 is 0 Å². The molecule has 1 saturated carbocycles. The van der Waals surface area contributed by atoms with Crippen LogP contribution in [0.15, 0.2) is 84.0 Å². The van der Waals surface area contributed by atoms with E-state index in [2.05, 4.69) is 99.0 Å².